The molecule has 0 aliphatic carbocycles. The number of nitriles is 1. The van der Waals surface area contributed by atoms with Crippen LogP contribution in [0, 0.1) is 11.3 Å². The Labute approximate surface area is 492 Å². The smallest absolute Gasteiger partial charge is 0.410 e. The van der Waals surface area contributed by atoms with Crippen molar-refractivity contribution >= 4 is 121 Å². The predicted molar refractivity (Wildman–Crippen MR) is 324 cm³/mol. The first-order chi connectivity index (χ1) is 39.2. The van der Waals surface area contributed by atoms with Gasteiger partial charge in [-0.1, -0.05) is 58.5 Å². The fraction of sp³-hybridized carbons (Fsp3) is 0.310. The lowest BCUT2D eigenvalue weighted by molar-refractivity contribution is 0.0700. The molecule has 0 unspecified atom stereocenters. The highest BCUT2D eigenvalue weighted by atomic mass is 35.5. The van der Waals surface area contributed by atoms with E-state index in [1.54, 1.807) is 24.3 Å². The molecule has 23 heteroatoms. The number of hydrogen-bond acceptors (Lipinski definition) is 12. The lowest BCUT2D eigenvalue weighted by Gasteiger charge is -2.28. The van der Waals surface area contributed by atoms with Crippen LogP contribution in [-0.4, -0.2) is 102 Å². The molecule has 0 spiro atoms. The summed E-state index contributed by atoms with van der Waals surface area (Å²) in [4.78, 5) is 42.4. The Morgan fingerprint density at radius 1 is 0.494 bits per heavy atom. The molecule has 0 saturated heterocycles. The molecular formula is C58H63Cl4N7O10Si2. The van der Waals surface area contributed by atoms with E-state index in [1.807, 2.05) is 102 Å². The largest absolute Gasteiger partial charge is 0.500 e. The number of rotatable bonds is 25. The average Bonchev–Trinajstić information content (AvgIpc) is 4.35. The number of benzene rings is 3. The van der Waals surface area contributed by atoms with Gasteiger partial charge in [0.1, 0.15) is 11.5 Å². The van der Waals surface area contributed by atoms with Crippen molar-refractivity contribution in [3.8, 4) is 50.9 Å². The molecule has 1 aliphatic rings. The van der Waals surface area contributed by atoms with Crippen molar-refractivity contribution in [3.05, 3.63) is 122 Å². The average molecular weight is 1220 g/mol. The van der Waals surface area contributed by atoms with Crippen molar-refractivity contribution in [3.63, 3.8) is 0 Å². The summed E-state index contributed by atoms with van der Waals surface area (Å²) in [5, 5.41) is 16.2. The Balaban J connectivity index is 1.17. The van der Waals surface area contributed by atoms with Gasteiger partial charge in [0.05, 0.1) is 54.1 Å². The highest BCUT2D eigenvalue weighted by molar-refractivity contribution is 6.61. The minimum absolute atomic E-state index is 0.126. The molecular weight excluding hydrogens is 1150 g/mol. The molecule has 0 fully saturated rings. The fourth-order valence-corrected chi connectivity index (χ4v) is 16.2. The second kappa shape index (κ2) is 28.2. The van der Waals surface area contributed by atoms with Gasteiger partial charge in [-0.2, -0.15) is 5.26 Å². The molecule has 426 valence electrons. The van der Waals surface area contributed by atoms with Crippen molar-refractivity contribution in [1.82, 2.24) is 30.6 Å². The van der Waals surface area contributed by atoms with E-state index >= 15 is 0 Å². The first-order valence-electron chi connectivity index (χ1n) is 26.8. The standard InChI is InChI=1S/C58H63Cl4N7O10Si2/c1-7-72-80(73-8-2,74-9-3)29-13-27-64-57(70)78-38-31-40(59)53(41(60)32-38)55-48-21-19-44(66-48)45-20-22-49(67-45)56(51-26-24-47(69-51)52(46-23-25-50(55)68-46)37-17-15-36(35-63)16-18-37)54-42(61)33-39(34-43(54)62)79-58(71)65-28-14-30-81(75-10-4,76-11-5)77-12-6/h15-26,31-34,66-68H,7-14,27-30H2,1-6H3,(H,64,70)(H,65,71). The van der Waals surface area contributed by atoms with Crippen molar-refractivity contribution in [2.24, 2.45) is 0 Å². The summed E-state index contributed by atoms with van der Waals surface area (Å²) in [6.45, 7) is 14.6. The zero-order chi connectivity index (χ0) is 57.7. The lowest BCUT2D eigenvalue weighted by atomic mass is 10.0. The third-order valence-corrected chi connectivity index (χ3v) is 20.4. The van der Waals surface area contributed by atoms with Crippen LogP contribution in [0.2, 0.25) is 32.2 Å². The molecule has 4 aromatic heterocycles. The molecule has 5 heterocycles. The van der Waals surface area contributed by atoms with Gasteiger partial charge in [-0.3, -0.25) is 0 Å². The number of ether oxygens (including phenoxy) is 2. The van der Waals surface area contributed by atoms with E-state index in [-0.39, 0.29) is 44.7 Å². The number of aromatic nitrogens is 4. The Kier molecular flexibility index (Phi) is 21.2. The van der Waals surface area contributed by atoms with Gasteiger partial charge in [-0.05, 0) is 121 Å². The van der Waals surface area contributed by atoms with Crippen molar-refractivity contribution < 1.29 is 45.6 Å². The topological polar surface area (TPSA) is 216 Å². The van der Waals surface area contributed by atoms with Gasteiger partial charge in [-0.25, -0.2) is 14.6 Å². The van der Waals surface area contributed by atoms with Crippen molar-refractivity contribution in [2.45, 2.75) is 66.5 Å². The number of nitrogens with zero attached hydrogens (tertiary/aromatic N) is 2. The van der Waals surface area contributed by atoms with E-state index in [0.29, 0.717) is 142 Å². The third-order valence-electron chi connectivity index (χ3n) is 12.9. The molecule has 17 nitrogen and oxygen atoms in total. The fourth-order valence-electron chi connectivity index (χ4n) is 9.67. The molecule has 3 aromatic carbocycles. The van der Waals surface area contributed by atoms with E-state index in [4.69, 9.17) is 87.4 Å². The van der Waals surface area contributed by atoms with Crippen LogP contribution in [0.1, 0.15) is 71.3 Å². The number of carbonyl (C=O) groups is 2. The normalized spacial score (nSPS) is 12.0. The predicted octanol–water partition coefficient (Wildman–Crippen LogP) is 15.2. The van der Waals surface area contributed by atoms with Crippen LogP contribution in [0.4, 0.5) is 9.59 Å². The van der Waals surface area contributed by atoms with Gasteiger partial charge in [0.2, 0.25) is 0 Å². The Bertz CT molecular complexity index is 3500. The summed E-state index contributed by atoms with van der Waals surface area (Å²) in [6.07, 6.45) is 3.46. The number of carbonyl (C=O) groups excluding carboxylic acids is 2. The van der Waals surface area contributed by atoms with E-state index < -0.39 is 29.8 Å². The summed E-state index contributed by atoms with van der Waals surface area (Å²) in [7, 11) is -5.80. The van der Waals surface area contributed by atoms with Crippen LogP contribution in [0.25, 0.3) is 78.6 Å². The number of fused-ring (bicyclic) bond motifs is 9. The molecule has 7 aromatic rings. The zero-order valence-electron chi connectivity index (χ0n) is 45.7. The van der Waals surface area contributed by atoms with Gasteiger partial charge < -0.3 is 61.6 Å². The maximum Gasteiger partial charge on any atom is 0.500 e. The summed E-state index contributed by atoms with van der Waals surface area (Å²) < 4.78 is 47.2. The Morgan fingerprint density at radius 3 is 1.23 bits per heavy atom. The van der Waals surface area contributed by atoms with E-state index in [2.05, 4.69) is 31.7 Å². The second-order valence-electron chi connectivity index (χ2n) is 18.2. The zero-order valence-corrected chi connectivity index (χ0v) is 50.7. The number of aromatic amines is 3. The van der Waals surface area contributed by atoms with Gasteiger partial charge in [0.15, 0.2) is 0 Å². The lowest BCUT2D eigenvalue weighted by Crippen LogP contribution is -2.46. The van der Waals surface area contributed by atoms with Crippen LogP contribution in [0.3, 0.4) is 0 Å². The Morgan fingerprint density at radius 2 is 0.840 bits per heavy atom. The van der Waals surface area contributed by atoms with Gasteiger partial charge in [0.25, 0.3) is 0 Å². The molecule has 0 radical (unpaired) electrons. The number of nitrogens with one attached hydrogen (secondary N) is 5. The minimum Gasteiger partial charge on any atom is -0.410 e. The quantitative estimate of drug-likeness (QED) is 0.0267. The van der Waals surface area contributed by atoms with Crippen molar-refractivity contribution in [1.29, 1.82) is 5.26 Å². The van der Waals surface area contributed by atoms with Crippen LogP contribution in [0.15, 0.2) is 84.9 Å². The monoisotopic (exact) mass is 1210 g/mol. The minimum atomic E-state index is -2.90. The second-order valence-corrected chi connectivity index (χ2v) is 25.3. The van der Waals surface area contributed by atoms with E-state index in [9.17, 15) is 14.9 Å². The van der Waals surface area contributed by atoms with Crippen LogP contribution >= 0.6 is 46.4 Å². The summed E-state index contributed by atoms with van der Waals surface area (Å²) in [5.41, 5.74) is 9.07. The van der Waals surface area contributed by atoms with Crippen LogP contribution < -0.4 is 20.1 Å². The maximum absolute atomic E-state index is 13.2. The van der Waals surface area contributed by atoms with E-state index in [1.165, 1.54) is 12.1 Å². The molecule has 2 amide bonds. The molecule has 8 rings (SSSR count). The first kappa shape index (κ1) is 60.9. The first-order valence-corrected chi connectivity index (χ1v) is 32.2. The van der Waals surface area contributed by atoms with Crippen LogP contribution in [-0.2, 0) is 26.6 Å². The highest BCUT2D eigenvalue weighted by Crippen LogP contribution is 2.45. The summed E-state index contributed by atoms with van der Waals surface area (Å²) in [6, 6.07) is 28.1. The maximum atomic E-state index is 13.2. The SMILES string of the molecule is CCO[Si](CCCNC(=O)Oc1cc(Cl)c(-c2c3nc(c(-c4ccc(C#N)cc4)c4ccc([nH]4)c(-c4c(Cl)cc(OC(=O)NCCC[Si](OCC)(OCC)OCC)cc4Cl)c4ccc([nH]4)c4ccc2[nH]4)C=C3)c(Cl)c1)(OCC)OCC. The van der Waals surface area contributed by atoms with Crippen molar-refractivity contribution in [2.75, 3.05) is 52.7 Å². The number of halogens is 4. The summed E-state index contributed by atoms with van der Waals surface area (Å²) >= 11 is 28.8. The van der Waals surface area contributed by atoms with E-state index in [0.717, 1.165) is 5.56 Å². The Hall–Kier alpha value is -6.23. The van der Waals surface area contributed by atoms with Crippen LogP contribution in [0.5, 0.6) is 11.5 Å². The number of amides is 2. The molecule has 5 N–H and O–H groups in total. The van der Waals surface area contributed by atoms with Gasteiger partial charge in [0, 0.05) is 139 Å². The van der Waals surface area contributed by atoms with Gasteiger partial charge >= 0.3 is 29.8 Å². The molecule has 0 saturated carbocycles. The number of hydrogen-bond donors (Lipinski definition) is 5. The molecule has 81 heavy (non-hydrogen) atoms. The summed E-state index contributed by atoms with van der Waals surface area (Å²) in [5.74, 6) is 0.258. The molecule has 1 aliphatic heterocycles. The third kappa shape index (κ3) is 14.5. The van der Waals surface area contributed by atoms with Gasteiger partial charge in [-0.15, -0.1) is 0 Å². The molecule has 0 atom stereocenters. The number of H-pyrrole nitrogens is 3. The molecule has 8 bridgehead atoms. The highest BCUT2D eigenvalue weighted by Gasteiger charge is 2.40.